The average molecular weight is 526 g/mol. The van der Waals surface area contributed by atoms with Crippen molar-refractivity contribution in [2.75, 3.05) is 4.90 Å². The van der Waals surface area contributed by atoms with Crippen LogP contribution in [-0.4, -0.2) is 11.9 Å². The molecule has 7 rings (SSSR count). The Balaban J connectivity index is 1.43. The first-order chi connectivity index (χ1) is 19.2. The quantitative estimate of drug-likeness (QED) is 0.257. The van der Waals surface area contributed by atoms with Crippen LogP contribution in [0.15, 0.2) is 103 Å². The summed E-state index contributed by atoms with van der Waals surface area (Å²) in [4.78, 5) is 28.4. The summed E-state index contributed by atoms with van der Waals surface area (Å²) in [6.45, 7) is 8.62. The zero-order valence-electron chi connectivity index (χ0n) is 22.7. The average Bonchev–Trinajstić information content (AvgIpc) is 3.40. The highest BCUT2D eigenvalue weighted by Crippen LogP contribution is 2.53. The summed E-state index contributed by atoms with van der Waals surface area (Å²) in [5.74, 6) is -0.662. The molecule has 0 unspecified atom stereocenters. The highest BCUT2D eigenvalue weighted by Gasteiger charge is 2.45. The van der Waals surface area contributed by atoms with Crippen LogP contribution in [0.4, 0.5) is 17.1 Å². The number of hydrogen-bond acceptors (Lipinski definition) is 5. The molecule has 196 valence electrons. The highest BCUT2D eigenvalue weighted by molar-refractivity contribution is 6.29. The van der Waals surface area contributed by atoms with Crippen LogP contribution in [0.5, 0.6) is 0 Å². The summed E-state index contributed by atoms with van der Waals surface area (Å²) in [6.07, 6.45) is 0. The molecule has 4 aromatic carbocycles. The summed E-state index contributed by atoms with van der Waals surface area (Å²) in [7, 11) is 0. The maximum atomic E-state index is 13.2. The van der Waals surface area contributed by atoms with Gasteiger partial charge >= 0.3 is 11.9 Å². The van der Waals surface area contributed by atoms with Crippen LogP contribution in [0, 0.1) is 13.8 Å². The molecule has 0 atom stereocenters. The normalized spacial score (nSPS) is 16.9. The third kappa shape index (κ3) is 3.47. The first-order valence-corrected chi connectivity index (χ1v) is 13.4. The van der Waals surface area contributed by atoms with E-state index in [2.05, 4.69) is 81.1 Å². The lowest BCUT2D eigenvalue weighted by molar-refractivity contribution is -0.131. The molecule has 0 N–H and O–H groups in total. The molecule has 0 radical (unpaired) electrons. The number of carbonyl (C=O) groups excluding carboxylic acids is 2. The number of benzene rings is 4. The summed E-state index contributed by atoms with van der Waals surface area (Å²) < 4.78 is 11.3. The monoisotopic (exact) mass is 525 g/mol. The molecule has 3 heterocycles. The van der Waals surface area contributed by atoms with Gasteiger partial charge in [0.2, 0.25) is 0 Å². The van der Waals surface area contributed by atoms with Gasteiger partial charge < -0.3 is 14.4 Å². The zero-order chi connectivity index (χ0) is 27.8. The zero-order valence-corrected chi connectivity index (χ0v) is 22.7. The SMILES string of the molecule is Cc1cc(C)cc(N2c3ccccc3C(C)(C)c3cc(C4=C5OC(=O)C(c6ccccc6)=C5OC4=O)ccc32)c1. The molecule has 5 nitrogen and oxygen atoms in total. The number of ether oxygens (including phenoxy) is 2. The lowest BCUT2D eigenvalue weighted by Crippen LogP contribution is -2.30. The van der Waals surface area contributed by atoms with Crippen LogP contribution in [0.25, 0.3) is 11.1 Å². The third-order valence-electron chi connectivity index (χ3n) is 8.00. The van der Waals surface area contributed by atoms with E-state index in [1.54, 1.807) is 12.1 Å². The Bertz CT molecular complexity index is 1810. The van der Waals surface area contributed by atoms with E-state index in [0.29, 0.717) is 11.1 Å². The Kier molecular flexibility index (Phi) is 5.17. The van der Waals surface area contributed by atoms with Crippen molar-refractivity contribution < 1.29 is 19.1 Å². The topological polar surface area (TPSA) is 55.8 Å². The van der Waals surface area contributed by atoms with Gasteiger partial charge in [-0.15, -0.1) is 0 Å². The van der Waals surface area contributed by atoms with Gasteiger partial charge in [-0.2, -0.15) is 0 Å². The number of carbonyl (C=O) groups is 2. The maximum absolute atomic E-state index is 13.2. The number of aryl methyl sites for hydroxylation is 2. The van der Waals surface area contributed by atoms with Crippen molar-refractivity contribution in [2.45, 2.75) is 33.1 Å². The van der Waals surface area contributed by atoms with E-state index < -0.39 is 11.9 Å². The van der Waals surface area contributed by atoms with Gasteiger partial charge in [0.25, 0.3) is 0 Å². The predicted molar refractivity (Wildman–Crippen MR) is 155 cm³/mol. The molecule has 0 saturated carbocycles. The molecule has 3 aliphatic heterocycles. The predicted octanol–water partition coefficient (Wildman–Crippen LogP) is 7.65. The second-order valence-electron chi connectivity index (χ2n) is 11.1. The molecule has 4 aromatic rings. The van der Waals surface area contributed by atoms with E-state index in [-0.39, 0.29) is 28.1 Å². The number of para-hydroxylation sites is 1. The van der Waals surface area contributed by atoms with Gasteiger partial charge in [0.1, 0.15) is 11.1 Å². The fraction of sp³-hybridized carbons (Fsp3) is 0.143. The van der Waals surface area contributed by atoms with Crippen molar-refractivity contribution in [2.24, 2.45) is 0 Å². The molecule has 40 heavy (non-hydrogen) atoms. The van der Waals surface area contributed by atoms with E-state index in [4.69, 9.17) is 9.47 Å². The van der Waals surface area contributed by atoms with Crippen LogP contribution in [0.1, 0.15) is 47.2 Å². The van der Waals surface area contributed by atoms with Crippen LogP contribution >= 0.6 is 0 Å². The van der Waals surface area contributed by atoms with Gasteiger partial charge in [0.05, 0.1) is 11.4 Å². The Morgan fingerprint density at radius 1 is 0.600 bits per heavy atom. The van der Waals surface area contributed by atoms with Gasteiger partial charge in [-0.25, -0.2) is 9.59 Å². The summed E-state index contributed by atoms with van der Waals surface area (Å²) in [5, 5.41) is 0. The summed E-state index contributed by atoms with van der Waals surface area (Å²) in [5.41, 5.74) is 9.37. The summed E-state index contributed by atoms with van der Waals surface area (Å²) in [6, 6.07) is 30.2. The Labute approximate surface area is 233 Å². The van der Waals surface area contributed by atoms with Crippen molar-refractivity contribution >= 4 is 40.1 Å². The van der Waals surface area contributed by atoms with Gasteiger partial charge in [-0.05, 0) is 77.6 Å². The molecule has 0 bridgehead atoms. The first kappa shape index (κ1) is 24.2. The van der Waals surface area contributed by atoms with Gasteiger partial charge in [0, 0.05) is 11.1 Å². The van der Waals surface area contributed by atoms with E-state index >= 15 is 0 Å². The number of nitrogens with zero attached hydrogens (tertiary/aromatic N) is 1. The van der Waals surface area contributed by atoms with Gasteiger partial charge in [-0.1, -0.05) is 74.5 Å². The minimum atomic E-state index is -0.522. The highest BCUT2D eigenvalue weighted by atomic mass is 16.6. The van der Waals surface area contributed by atoms with Crippen molar-refractivity contribution in [1.82, 2.24) is 0 Å². The van der Waals surface area contributed by atoms with Crippen LogP contribution in [-0.2, 0) is 24.5 Å². The standard InChI is InChI=1S/C35H27NO4/c1-20-16-21(2)18-24(17-20)36-27-13-9-8-12-25(27)35(3,4)26-19-23(14-15-28(26)36)30-32-31(39-34(30)38)29(33(37)40-32)22-10-6-5-7-11-22/h5-19H,1-4H3. The smallest absolute Gasteiger partial charge is 0.348 e. The molecule has 0 saturated heterocycles. The fourth-order valence-electron chi connectivity index (χ4n) is 6.21. The number of rotatable bonds is 3. The second kappa shape index (κ2) is 8.55. The molecule has 0 amide bonds. The second-order valence-corrected chi connectivity index (χ2v) is 11.1. The molecular weight excluding hydrogens is 498 g/mol. The van der Waals surface area contributed by atoms with E-state index in [1.165, 1.54) is 16.7 Å². The van der Waals surface area contributed by atoms with E-state index in [0.717, 1.165) is 22.6 Å². The number of fused-ring (bicyclic) bond motifs is 3. The molecule has 3 aliphatic rings. The number of anilines is 3. The third-order valence-corrected chi connectivity index (χ3v) is 8.00. The van der Waals surface area contributed by atoms with Crippen LogP contribution in [0.3, 0.4) is 0 Å². The largest absolute Gasteiger partial charge is 0.418 e. The van der Waals surface area contributed by atoms with Crippen molar-refractivity contribution in [3.05, 3.63) is 136 Å². The molecule has 0 aromatic heterocycles. The summed E-state index contributed by atoms with van der Waals surface area (Å²) >= 11 is 0. The van der Waals surface area contributed by atoms with Crippen LogP contribution < -0.4 is 4.90 Å². The van der Waals surface area contributed by atoms with Gasteiger partial charge in [-0.3, -0.25) is 0 Å². The number of esters is 2. The molecule has 0 spiro atoms. The number of hydrogen-bond donors (Lipinski definition) is 0. The maximum Gasteiger partial charge on any atom is 0.348 e. The van der Waals surface area contributed by atoms with Crippen molar-refractivity contribution in [3.8, 4) is 0 Å². The first-order valence-electron chi connectivity index (χ1n) is 13.4. The van der Waals surface area contributed by atoms with Crippen molar-refractivity contribution in [3.63, 3.8) is 0 Å². The lowest BCUT2D eigenvalue weighted by Gasteiger charge is -2.42. The molecule has 5 heteroatoms. The Morgan fingerprint density at radius 3 is 1.85 bits per heavy atom. The van der Waals surface area contributed by atoms with Gasteiger partial charge in [0.15, 0.2) is 11.5 Å². The van der Waals surface area contributed by atoms with Crippen molar-refractivity contribution in [1.29, 1.82) is 0 Å². The van der Waals surface area contributed by atoms with E-state index in [9.17, 15) is 9.59 Å². The van der Waals surface area contributed by atoms with Crippen LogP contribution in [0.2, 0.25) is 0 Å². The Hall–Kier alpha value is -4.90. The Morgan fingerprint density at radius 2 is 1.18 bits per heavy atom. The fourth-order valence-corrected chi connectivity index (χ4v) is 6.21. The lowest BCUT2D eigenvalue weighted by atomic mass is 9.73. The minimum Gasteiger partial charge on any atom is -0.418 e. The molecule has 0 fully saturated rings. The van der Waals surface area contributed by atoms with E-state index in [1.807, 2.05) is 30.3 Å². The molecular formula is C35H27NO4. The minimum absolute atomic E-state index is 0.189. The molecule has 0 aliphatic carbocycles.